The van der Waals surface area contributed by atoms with Crippen LogP contribution >= 0.6 is 11.8 Å². The highest BCUT2D eigenvalue weighted by atomic mass is 32.2. The van der Waals surface area contributed by atoms with Crippen LogP contribution in [0.15, 0.2) is 70.2 Å². The van der Waals surface area contributed by atoms with E-state index in [2.05, 4.69) is 63.4 Å². The Kier molecular flexibility index (Phi) is 7.71. The van der Waals surface area contributed by atoms with Crippen molar-refractivity contribution in [2.75, 3.05) is 25.2 Å². The molecule has 10 heteroatoms. The van der Waals surface area contributed by atoms with Crippen molar-refractivity contribution in [2.24, 2.45) is 0 Å². The molecule has 1 atom stereocenters. The van der Waals surface area contributed by atoms with E-state index in [1.165, 1.54) is 16.7 Å². The summed E-state index contributed by atoms with van der Waals surface area (Å²) in [6, 6.07) is 19.9. The summed E-state index contributed by atoms with van der Waals surface area (Å²) in [6.07, 6.45) is 0.932. The highest BCUT2D eigenvalue weighted by molar-refractivity contribution is 7.99. The maximum Gasteiger partial charge on any atom is 0.322 e. The van der Waals surface area contributed by atoms with Crippen LogP contribution in [0.4, 0.5) is 6.01 Å². The summed E-state index contributed by atoms with van der Waals surface area (Å²) in [5, 5.41) is 20.2. The van der Waals surface area contributed by atoms with Crippen molar-refractivity contribution >= 4 is 23.7 Å². The Balaban J connectivity index is 1.46. The topological polar surface area (TPSA) is 103 Å². The minimum Gasteiger partial charge on any atom is -0.403 e. The van der Waals surface area contributed by atoms with Crippen molar-refractivity contribution in [1.82, 2.24) is 25.0 Å². The molecule has 0 saturated carbocycles. The zero-order valence-electron chi connectivity index (χ0n) is 19.4. The first-order valence-electron chi connectivity index (χ1n) is 11.1. The smallest absolute Gasteiger partial charge is 0.322 e. The molecule has 0 saturated heterocycles. The zero-order valence-corrected chi connectivity index (χ0v) is 20.2. The fraction of sp³-hybridized carbons (Fsp3) is 0.292. The van der Waals surface area contributed by atoms with Gasteiger partial charge in [0, 0.05) is 12.0 Å². The van der Waals surface area contributed by atoms with Crippen LogP contribution in [0.2, 0.25) is 0 Å². The van der Waals surface area contributed by atoms with E-state index in [-0.39, 0.29) is 23.7 Å². The fourth-order valence-electron chi connectivity index (χ4n) is 3.68. The molecule has 2 aromatic heterocycles. The highest BCUT2D eigenvalue weighted by Crippen LogP contribution is 2.23. The number of carbonyl (C=O) groups is 1. The van der Waals surface area contributed by atoms with Gasteiger partial charge in [0.15, 0.2) is 11.0 Å². The number of rotatable bonds is 10. The first-order chi connectivity index (χ1) is 16.5. The van der Waals surface area contributed by atoms with Gasteiger partial charge in [-0.3, -0.25) is 14.7 Å². The fourth-order valence-corrected chi connectivity index (χ4v) is 4.43. The van der Waals surface area contributed by atoms with Crippen molar-refractivity contribution in [3.63, 3.8) is 0 Å². The maximum atomic E-state index is 12.6. The van der Waals surface area contributed by atoms with Gasteiger partial charge in [-0.1, -0.05) is 72.3 Å². The lowest BCUT2D eigenvalue weighted by Crippen LogP contribution is -3.06. The third-order valence-electron chi connectivity index (χ3n) is 5.37. The lowest BCUT2D eigenvalue weighted by molar-refractivity contribution is -0.893. The molecule has 4 rings (SSSR count). The number of nitrogens with one attached hydrogen (secondary N) is 2. The van der Waals surface area contributed by atoms with Crippen molar-refractivity contribution in [2.45, 2.75) is 31.1 Å². The average Bonchev–Trinajstić information content (AvgIpc) is 3.47. The summed E-state index contributed by atoms with van der Waals surface area (Å²) in [5.74, 6) is 1.15. The molecule has 34 heavy (non-hydrogen) atoms. The number of benzene rings is 2. The number of aromatic nitrogens is 5. The molecule has 0 unspecified atom stereocenters. The molecule has 0 aliphatic heterocycles. The second-order valence-corrected chi connectivity index (χ2v) is 9.01. The monoisotopic (exact) mass is 478 g/mol. The van der Waals surface area contributed by atoms with E-state index >= 15 is 0 Å². The van der Waals surface area contributed by atoms with E-state index in [0.717, 1.165) is 23.4 Å². The number of amides is 1. The highest BCUT2D eigenvalue weighted by Gasteiger charge is 2.25. The number of carbonyl (C=O) groups excluding carboxylic acids is 1. The molecule has 9 nitrogen and oxygen atoms in total. The minimum atomic E-state index is -0.255. The second-order valence-electron chi connectivity index (χ2n) is 8.07. The van der Waals surface area contributed by atoms with Gasteiger partial charge >= 0.3 is 6.01 Å². The molecule has 0 radical (unpaired) electrons. The van der Waals surface area contributed by atoms with Crippen molar-refractivity contribution < 1.29 is 14.1 Å². The van der Waals surface area contributed by atoms with Crippen LogP contribution in [0.3, 0.4) is 0 Å². The first kappa shape index (κ1) is 23.7. The number of thioether (sulfide) groups is 1. The summed E-state index contributed by atoms with van der Waals surface area (Å²) in [7, 11) is 4.23. The van der Waals surface area contributed by atoms with Crippen LogP contribution < -0.4 is 10.2 Å². The Morgan fingerprint density at radius 3 is 2.41 bits per heavy atom. The van der Waals surface area contributed by atoms with E-state index in [4.69, 9.17) is 4.42 Å². The van der Waals surface area contributed by atoms with Crippen LogP contribution in [0.1, 0.15) is 30.8 Å². The SMILES string of the molecule is CC[C@H](c1nnc(SCC(=O)Nc2nnc(-c3ccccc3)o2)n1Cc1ccccc1)[NH+](C)C. The summed E-state index contributed by atoms with van der Waals surface area (Å²) >= 11 is 1.34. The minimum absolute atomic E-state index is 0.0677. The van der Waals surface area contributed by atoms with Crippen molar-refractivity contribution in [1.29, 1.82) is 0 Å². The van der Waals surface area contributed by atoms with Crippen molar-refractivity contribution in [3.8, 4) is 11.5 Å². The Morgan fingerprint density at radius 1 is 1.03 bits per heavy atom. The van der Waals surface area contributed by atoms with Gasteiger partial charge in [0.25, 0.3) is 0 Å². The van der Waals surface area contributed by atoms with Gasteiger partial charge in [-0.2, -0.15) is 0 Å². The molecule has 2 heterocycles. The Labute approximate surface area is 202 Å². The van der Waals surface area contributed by atoms with Crippen LogP contribution in [-0.4, -0.2) is 50.7 Å². The molecule has 1 amide bonds. The summed E-state index contributed by atoms with van der Waals surface area (Å²) in [5.41, 5.74) is 1.94. The van der Waals surface area contributed by atoms with E-state index < -0.39 is 0 Å². The average molecular weight is 479 g/mol. The van der Waals surface area contributed by atoms with E-state index in [9.17, 15) is 4.79 Å². The number of anilines is 1. The van der Waals surface area contributed by atoms with Crippen LogP contribution in [0, 0.1) is 0 Å². The molecule has 0 fully saturated rings. The molecule has 0 aliphatic carbocycles. The third-order valence-corrected chi connectivity index (χ3v) is 6.34. The quantitative estimate of drug-likeness (QED) is 0.338. The second kappa shape index (κ2) is 11.1. The molecule has 0 aliphatic rings. The predicted octanol–water partition coefficient (Wildman–Crippen LogP) is 2.70. The lowest BCUT2D eigenvalue weighted by atomic mass is 10.2. The molecule has 2 N–H and O–H groups in total. The van der Waals surface area contributed by atoms with E-state index in [0.29, 0.717) is 17.6 Å². The molecular weight excluding hydrogens is 450 g/mol. The van der Waals surface area contributed by atoms with Gasteiger partial charge < -0.3 is 9.32 Å². The predicted molar refractivity (Wildman–Crippen MR) is 130 cm³/mol. The molecule has 2 aromatic carbocycles. The normalized spacial score (nSPS) is 12.1. The summed E-state index contributed by atoms with van der Waals surface area (Å²) in [6.45, 7) is 2.79. The molecule has 176 valence electrons. The standard InChI is InChI=1S/C24H27N7O2S/c1-4-19(30(2)3)21-26-29-24(31(21)15-17-11-7-5-8-12-17)34-16-20(32)25-23-28-27-22(33-23)18-13-9-6-10-14-18/h5-14,19H,4,15-16H2,1-3H3,(H,25,28,32)/p+1/t19-/m1/s1. The Morgan fingerprint density at radius 2 is 1.74 bits per heavy atom. The Bertz CT molecular complexity index is 1210. The zero-order chi connectivity index (χ0) is 23.9. The first-order valence-corrected chi connectivity index (χ1v) is 12.1. The largest absolute Gasteiger partial charge is 0.403 e. The molecule has 0 spiro atoms. The maximum absolute atomic E-state index is 12.6. The summed E-state index contributed by atoms with van der Waals surface area (Å²) < 4.78 is 7.68. The van der Waals surface area contributed by atoms with E-state index in [1.54, 1.807) is 0 Å². The van der Waals surface area contributed by atoms with E-state index in [1.807, 2.05) is 48.5 Å². The number of nitrogens with zero attached hydrogens (tertiary/aromatic N) is 5. The molecule has 4 aromatic rings. The summed E-state index contributed by atoms with van der Waals surface area (Å²) in [4.78, 5) is 13.9. The number of hydrogen-bond acceptors (Lipinski definition) is 7. The van der Waals surface area contributed by atoms with Gasteiger partial charge in [0.2, 0.25) is 11.8 Å². The lowest BCUT2D eigenvalue weighted by Gasteiger charge is -2.20. The third kappa shape index (κ3) is 5.70. The van der Waals surface area contributed by atoms with Crippen LogP contribution in [0.5, 0.6) is 0 Å². The van der Waals surface area contributed by atoms with Crippen LogP contribution in [-0.2, 0) is 11.3 Å². The molecular formula is C24H28N7O2S+. The van der Waals surface area contributed by atoms with Gasteiger partial charge in [0.1, 0.15) is 6.04 Å². The number of hydrogen-bond donors (Lipinski definition) is 2. The number of quaternary nitrogens is 1. The van der Waals surface area contributed by atoms with Gasteiger partial charge in [-0.15, -0.1) is 15.3 Å². The molecule has 0 bridgehead atoms. The Hall–Kier alpha value is -3.50. The van der Waals surface area contributed by atoms with Gasteiger partial charge in [-0.25, -0.2) is 0 Å². The van der Waals surface area contributed by atoms with Crippen molar-refractivity contribution in [3.05, 3.63) is 72.1 Å². The van der Waals surface area contributed by atoms with Crippen LogP contribution in [0.25, 0.3) is 11.5 Å². The van der Waals surface area contributed by atoms with Gasteiger partial charge in [-0.05, 0) is 17.7 Å². The van der Waals surface area contributed by atoms with Gasteiger partial charge in [0.05, 0.1) is 26.4 Å².